The number of anilines is 1. The Kier molecular flexibility index (Phi) is 8.67. The number of aryl methyl sites for hydroxylation is 1. The molecule has 0 atom stereocenters. The Balaban J connectivity index is 1.92. The van der Waals surface area contributed by atoms with Crippen LogP contribution >= 0.6 is 23.4 Å². The number of methoxy groups -OCH3 is 1. The molecule has 0 aliphatic rings. The van der Waals surface area contributed by atoms with E-state index < -0.39 is 10.0 Å². The lowest BCUT2D eigenvalue weighted by Crippen LogP contribution is -2.41. The van der Waals surface area contributed by atoms with Gasteiger partial charge in [-0.3, -0.25) is 9.10 Å². The molecule has 1 N–H and O–H groups in total. The van der Waals surface area contributed by atoms with Gasteiger partial charge < -0.3 is 10.1 Å². The third-order valence-electron chi connectivity index (χ3n) is 4.07. The zero-order valence-corrected chi connectivity index (χ0v) is 19.0. The first-order chi connectivity index (χ1) is 13.7. The Morgan fingerprint density at radius 3 is 2.62 bits per heavy atom. The van der Waals surface area contributed by atoms with Crippen molar-refractivity contribution in [2.24, 2.45) is 0 Å². The molecule has 0 aromatic heterocycles. The SMILES string of the molecule is COc1ccc(C)cc1N(CC(=O)NCCSCc1ccccc1Cl)S(C)(=O)=O. The minimum Gasteiger partial charge on any atom is -0.495 e. The monoisotopic (exact) mass is 456 g/mol. The van der Waals surface area contributed by atoms with Gasteiger partial charge in [-0.15, -0.1) is 0 Å². The summed E-state index contributed by atoms with van der Waals surface area (Å²) in [7, 11) is -2.20. The summed E-state index contributed by atoms with van der Waals surface area (Å²) < 4.78 is 30.9. The van der Waals surface area contributed by atoms with Crippen molar-refractivity contribution in [2.75, 3.05) is 36.5 Å². The van der Waals surface area contributed by atoms with Crippen LogP contribution in [-0.2, 0) is 20.6 Å². The normalized spacial score (nSPS) is 11.2. The summed E-state index contributed by atoms with van der Waals surface area (Å²) in [6.07, 6.45) is 1.07. The van der Waals surface area contributed by atoms with E-state index in [1.807, 2.05) is 37.3 Å². The Morgan fingerprint density at radius 2 is 1.97 bits per heavy atom. The minimum atomic E-state index is -3.67. The molecule has 0 spiro atoms. The third-order valence-corrected chi connectivity index (χ3v) is 6.58. The molecule has 0 saturated carbocycles. The molecular formula is C20H25ClN2O4S2. The zero-order valence-electron chi connectivity index (χ0n) is 16.6. The summed E-state index contributed by atoms with van der Waals surface area (Å²) in [4.78, 5) is 12.4. The minimum absolute atomic E-state index is 0.312. The van der Waals surface area contributed by atoms with Crippen molar-refractivity contribution in [1.29, 1.82) is 0 Å². The molecule has 0 saturated heterocycles. The second-order valence-electron chi connectivity index (χ2n) is 6.44. The van der Waals surface area contributed by atoms with Crippen molar-refractivity contribution < 1.29 is 17.9 Å². The number of hydrogen-bond acceptors (Lipinski definition) is 5. The van der Waals surface area contributed by atoms with Crippen LogP contribution in [0.3, 0.4) is 0 Å². The van der Waals surface area contributed by atoms with Gasteiger partial charge in [0.15, 0.2) is 0 Å². The number of carbonyl (C=O) groups is 1. The van der Waals surface area contributed by atoms with E-state index in [1.54, 1.807) is 23.9 Å². The molecule has 0 fully saturated rings. The van der Waals surface area contributed by atoms with Crippen molar-refractivity contribution in [3.8, 4) is 5.75 Å². The van der Waals surface area contributed by atoms with Crippen molar-refractivity contribution in [3.05, 3.63) is 58.6 Å². The van der Waals surface area contributed by atoms with Crippen LogP contribution in [0.1, 0.15) is 11.1 Å². The van der Waals surface area contributed by atoms with Crippen LogP contribution in [0.4, 0.5) is 5.69 Å². The van der Waals surface area contributed by atoms with Gasteiger partial charge in [-0.05, 0) is 36.2 Å². The highest BCUT2D eigenvalue weighted by Gasteiger charge is 2.24. The van der Waals surface area contributed by atoms with E-state index in [1.165, 1.54) is 7.11 Å². The van der Waals surface area contributed by atoms with E-state index in [9.17, 15) is 13.2 Å². The van der Waals surface area contributed by atoms with Gasteiger partial charge >= 0.3 is 0 Å². The number of benzene rings is 2. The first-order valence-electron chi connectivity index (χ1n) is 8.92. The predicted octanol–water partition coefficient (Wildman–Crippen LogP) is 3.47. The third kappa shape index (κ3) is 7.13. The fourth-order valence-corrected chi connectivity index (χ4v) is 4.62. The number of halogens is 1. The largest absolute Gasteiger partial charge is 0.495 e. The van der Waals surface area contributed by atoms with E-state index in [4.69, 9.17) is 16.3 Å². The van der Waals surface area contributed by atoms with Crippen LogP contribution in [0.2, 0.25) is 5.02 Å². The number of thioether (sulfide) groups is 1. The second-order valence-corrected chi connectivity index (χ2v) is 9.86. The maximum atomic E-state index is 12.4. The fourth-order valence-electron chi connectivity index (χ4n) is 2.62. The van der Waals surface area contributed by atoms with Crippen LogP contribution in [-0.4, -0.2) is 46.5 Å². The van der Waals surface area contributed by atoms with E-state index in [0.717, 1.165) is 32.5 Å². The Morgan fingerprint density at radius 1 is 1.24 bits per heavy atom. The number of rotatable bonds is 10. The van der Waals surface area contributed by atoms with Gasteiger partial charge in [-0.25, -0.2) is 8.42 Å². The first kappa shape index (κ1) is 23.4. The summed E-state index contributed by atoms with van der Waals surface area (Å²) >= 11 is 7.77. The molecule has 29 heavy (non-hydrogen) atoms. The number of sulfonamides is 1. The van der Waals surface area contributed by atoms with Crippen LogP contribution < -0.4 is 14.4 Å². The first-order valence-corrected chi connectivity index (χ1v) is 12.3. The van der Waals surface area contributed by atoms with Gasteiger partial charge in [-0.1, -0.05) is 35.9 Å². The van der Waals surface area contributed by atoms with Crippen LogP contribution in [0.15, 0.2) is 42.5 Å². The Hall–Kier alpha value is -1.90. The molecule has 0 radical (unpaired) electrons. The summed E-state index contributed by atoms with van der Waals surface area (Å²) in [6.45, 7) is 1.96. The second kappa shape index (κ2) is 10.8. The lowest BCUT2D eigenvalue weighted by atomic mass is 10.2. The molecule has 1 amide bonds. The average Bonchev–Trinajstić information content (AvgIpc) is 2.66. The molecule has 9 heteroatoms. The molecule has 0 unspecified atom stereocenters. The lowest BCUT2D eigenvalue weighted by molar-refractivity contribution is -0.119. The van der Waals surface area contributed by atoms with Crippen molar-refractivity contribution >= 4 is 45.0 Å². The predicted molar refractivity (Wildman–Crippen MR) is 121 cm³/mol. The molecule has 0 aliphatic carbocycles. The lowest BCUT2D eigenvalue weighted by Gasteiger charge is -2.24. The summed E-state index contributed by atoms with van der Waals surface area (Å²) in [5.41, 5.74) is 2.25. The van der Waals surface area contributed by atoms with Gasteiger partial charge in [0.1, 0.15) is 12.3 Å². The van der Waals surface area contributed by atoms with Gasteiger partial charge in [0.2, 0.25) is 15.9 Å². The maximum absolute atomic E-state index is 12.4. The van der Waals surface area contributed by atoms with E-state index >= 15 is 0 Å². The highest BCUT2D eigenvalue weighted by molar-refractivity contribution is 7.98. The van der Waals surface area contributed by atoms with Crippen LogP contribution in [0.25, 0.3) is 0 Å². The van der Waals surface area contributed by atoms with Crippen molar-refractivity contribution in [2.45, 2.75) is 12.7 Å². The van der Waals surface area contributed by atoms with E-state index in [-0.39, 0.29) is 12.5 Å². The van der Waals surface area contributed by atoms with Gasteiger partial charge in [0, 0.05) is 23.1 Å². The molecule has 2 aromatic carbocycles. The average molecular weight is 457 g/mol. The van der Waals surface area contributed by atoms with Crippen molar-refractivity contribution in [1.82, 2.24) is 5.32 Å². The van der Waals surface area contributed by atoms with Crippen molar-refractivity contribution in [3.63, 3.8) is 0 Å². The molecule has 158 valence electrons. The molecular weight excluding hydrogens is 432 g/mol. The quantitative estimate of drug-likeness (QED) is 0.554. The number of nitrogens with zero attached hydrogens (tertiary/aromatic N) is 1. The fraction of sp³-hybridized carbons (Fsp3) is 0.350. The topological polar surface area (TPSA) is 75.7 Å². The molecule has 2 rings (SSSR count). The summed E-state index contributed by atoms with van der Waals surface area (Å²) in [6, 6.07) is 12.8. The van der Waals surface area contributed by atoms with Crippen LogP contribution in [0, 0.1) is 6.92 Å². The Bertz CT molecular complexity index is 951. The standard InChI is InChI=1S/C20H25ClN2O4S2/c1-15-8-9-19(27-2)18(12-15)23(29(3,25)26)13-20(24)22-10-11-28-14-16-6-4-5-7-17(16)21/h4-9,12H,10-11,13-14H2,1-3H3,(H,22,24). The molecule has 2 aromatic rings. The van der Waals surface area contributed by atoms with E-state index in [2.05, 4.69) is 5.32 Å². The smallest absolute Gasteiger partial charge is 0.240 e. The highest BCUT2D eigenvalue weighted by Crippen LogP contribution is 2.30. The molecule has 6 nitrogen and oxygen atoms in total. The molecule has 0 aliphatic heterocycles. The highest BCUT2D eigenvalue weighted by atomic mass is 35.5. The van der Waals surface area contributed by atoms with Gasteiger partial charge in [-0.2, -0.15) is 11.8 Å². The van der Waals surface area contributed by atoms with Gasteiger partial charge in [0.05, 0.1) is 19.1 Å². The Labute approximate surface area is 181 Å². The summed E-state index contributed by atoms with van der Waals surface area (Å²) in [5.74, 6) is 1.44. The number of hydrogen-bond donors (Lipinski definition) is 1. The number of amides is 1. The van der Waals surface area contributed by atoms with E-state index in [0.29, 0.717) is 23.7 Å². The number of carbonyl (C=O) groups excluding carboxylic acids is 1. The number of ether oxygens (including phenoxy) is 1. The van der Waals surface area contributed by atoms with Crippen LogP contribution in [0.5, 0.6) is 5.75 Å². The maximum Gasteiger partial charge on any atom is 0.240 e. The zero-order chi connectivity index (χ0) is 21.4. The summed E-state index contributed by atoms with van der Waals surface area (Å²) in [5, 5.41) is 3.49. The van der Waals surface area contributed by atoms with Gasteiger partial charge in [0.25, 0.3) is 0 Å². The molecule has 0 heterocycles. The number of nitrogens with one attached hydrogen (secondary N) is 1. The molecule has 0 bridgehead atoms.